The molecular weight excluding hydrogens is 413 g/mol. The standard InChI is InChI=1S/C25H24FNO5/c1-16(25(29)30)13-18-5-12-23(31-2)22(14-18)24(28)27-15-17-3-8-20(9-4-17)32-21-10-6-19(26)7-11-21/h3-12,14,16H,13,15H2,1-2H3,(H,27,28)(H,29,30)/t16-/m0/s1. The summed E-state index contributed by atoms with van der Waals surface area (Å²) >= 11 is 0. The van der Waals surface area contributed by atoms with Crippen molar-refractivity contribution in [3.8, 4) is 17.2 Å². The van der Waals surface area contributed by atoms with Crippen molar-refractivity contribution in [2.45, 2.75) is 19.9 Å². The fourth-order valence-corrected chi connectivity index (χ4v) is 3.09. The molecule has 7 heteroatoms. The van der Waals surface area contributed by atoms with Crippen molar-refractivity contribution in [2.24, 2.45) is 5.92 Å². The molecule has 1 atom stereocenters. The second kappa shape index (κ2) is 10.4. The highest BCUT2D eigenvalue weighted by Crippen LogP contribution is 2.23. The summed E-state index contributed by atoms with van der Waals surface area (Å²) in [5.74, 6) is -0.573. The molecule has 0 aliphatic heterocycles. The van der Waals surface area contributed by atoms with Gasteiger partial charge in [-0.15, -0.1) is 0 Å². The molecule has 0 heterocycles. The number of hydrogen-bond donors (Lipinski definition) is 2. The van der Waals surface area contributed by atoms with Gasteiger partial charge in [-0.3, -0.25) is 9.59 Å². The number of carbonyl (C=O) groups excluding carboxylic acids is 1. The van der Waals surface area contributed by atoms with Gasteiger partial charge in [0.15, 0.2) is 0 Å². The average molecular weight is 437 g/mol. The van der Waals surface area contributed by atoms with E-state index >= 15 is 0 Å². The Morgan fingerprint density at radius 2 is 1.56 bits per heavy atom. The fourth-order valence-electron chi connectivity index (χ4n) is 3.09. The minimum atomic E-state index is -0.890. The van der Waals surface area contributed by atoms with E-state index in [1.165, 1.54) is 19.2 Å². The van der Waals surface area contributed by atoms with Crippen molar-refractivity contribution < 1.29 is 28.6 Å². The summed E-state index contributed by atoms with van der Waals surface area (Å²) in [5, 5.41) is 12.0. The first-order valence-electron chi connectivity index (χ1n) is 10.1. The van der Waals surface area contributed by atoms with Crippen LogP contribution in [0.15, 0.2) is 66.7 Å². The summed E-state index contributed by atoms with van der Waals surface area (Å²) in [7, 11) is 1.48. The van der Waals surface area contributed by atoms with Crippen LogP contribution in [-0.4, -0.2) is 24.1 Å². The molecule has 3 aromatic carbocycles. The van der Waals surface area contributed by atoms with E-state index in [9.17, 15) is 14.0 Å². The minimum Gasteiger partial charge on any atom is -0.496 e. The molecule has 1 amide bonds. The Morgan fingerprint density at radius 1 is 0.969 bits per heavy atom. The summed E-state index contributed by atoms with van der Waals surface area (Å²) in [6.07, 6.45) is 0.315. The van der Waals surface area contributed by atoms with Gasteiger partial charge in [-0.2, -0.15) is 0 Å². The number of carboxylic acid groups (broad SMARTS) is 1. The number of benzene rings is 3. The molecule has 32 heavy (non-hydrogen) atoms. The predicted octanol–water partition coefficient (Wildman–Crippen LogP) is 4.82. The zero-order valence-corrected chi connectivity index (χ0v) is 17.8. The molecule has 0 fully saturated rings. The molecule has 0 bridgehead atoms. The lowest BCUT2D eigenvalue weighted by Crippen LogP contribution is -2.23. The highest BCUT2D eigenvalue weighted by atomic mass is 19.1. The van der Waals surface area contributed by atoms with Crippen molar-refractivity contribution in [1.82, 2.24) is 5.32 Å². The van der Waals surface area contributed by atoms with E-state index in [2.05, 4.69) is 5.32 Å². The van der Waals surface area contributed by atoms with Crippen molar-refractivity contribution in [2.75, 3.05) is 7.11 Å². The molecule has 3 aromatic rings. The Morgan fingerprint density at radius 3 is 2.16 bits per heavy atom. The molecule has 3 rings (SSSR count). The highest BCUT2D eigenvalue weighted by Gasteiger charge is 2.16. The van der Waals surface area contributed by atoms with Gasteiger partial charge in [-0.1, -0.05) is 25.1 Å². The second-order valence-electron chi connectivity index (χ2n) is 7.36. The number of methoxy groups -OCH3 is 1. The molecular formula is C25H24FNO5. The van der Waals surface area contributed by atoms with Crippen LogP contribution in [0.2, 0.25) is 0 Å². The Labute approximate surface area is 185 Å². The number of ether oxygens (including phenoxy) is 2. The summed E-state index contributed by atoms with van der Waals surface area (Å²) in [6.45, 7) is 1.91. The van der Waals surface area contributed by atoms with Crippen molar-refractivity contribution in [1.29, 1.82) is 0 Å². The van der Waals surface area contributed by atoms with Crippen LogP contribution >= 0.6 is 0 Å². The van der Waals surface area contributed by atoms with Gasteiger partial charge in [0.2, 0.25) is 0 Å². The zero-order chi connectivity index (χ0) is 23.1. The number of nitrogens with one attached hydrogen (secondary N) is 1. The van der Waals surface area contributed by atoms with Crippen LogP contribution in [0.5, 0.6) is 17.2 Å². The van der Waals surface area contributed by atoms with Crippen molar-refractivity contribution >= 4 is 11.9 Å². The molecule has 166 valence electrons. The smallest absolute Gasteiger partial charge is 0.306 e. The highest BCUT2D eigenvalue weighted by molar-refractivity contribution is 5.97. The third-order valence-corrected chi connectivity index (χ3v) is 4.90. The Bertz CT molecular complexity index is 1080. The van der Waals surface area contributed by atoms with E-state index in [0.29, 0.717) is 29.2 Å². The fraction of sp³-hybridized carbons (Fsp3) is 0.200. The molecule has 2 N–H and O–H groups in total. The van der Waals surface area contributed by atoms with Crippen LogP contribution in [0.4, 0.5) is 4.39 Å². The SMILES string of the molecule is COc1ccc(C[C@H](C)C(=O)O)cc1C(=O)NCc1ccc(Oc2ccc(F)cc2)cc1. The number of rotatable bonds is 9. The maximum atomic E-state index is 13.0. The van der Waals surface area contributed by atoms with E-state index in [4.69, 9.17) is 14.6 Å². The van der Waals surface area contributed by atoms with Gasteiger partial charge in [0.1, 0.15) is 23.1 Å². The molecule has 0 spiro atoms. The Hall–Kier alpha value is -3.87. The summed E-state index contributed by atoms with van der Waals surface area (Å²) in [4.78, 5) is 23.9. The van der Waals surface area contributed by atoms with E-state index in [1.54, 1.807) is 49.4 Å². The molecule has 0 saturated carbocycles. The van der Waals surface area contributed by atoms with Crippen molar-refractivity contribution in [3.05, 3.63) is 89.2 Å². The van der Waals surface area contributed by atoms with Crippen LogP contribution in [0.1, 0.15) is 28.4 Å². The van der Waals surface area contributed by atoms with Gasteiger partial charge in [0.25, 0.3) is 5.91 Å². The number of carboxylic acids is 1. The molecule has 0 unspecified atom stereocenters. The van der Waals surface area contributed by atoms with E-state index in [1.807, 2.05) is 12.1 Å². The summed E-state index contributed by atoms with van der Waals surface area (Å²) in [6, 6.07) is 18.0. The topological polar surface area (TPSA) is 84.9 Å². The van der Waals surface area contributed by atoms with Crippen molar-refractivity contribution in [3.63, 3.8) is 0 Å². The van der Waals surface area contributed by atoms with Crippen LogP contribution in [0, 0.1) is 11.7 Å². The van der Waals surface area contributed by atoms with Gasteiger partial charge in [-0.25, -0.2) is 4.39 Å². The second-order valence-corrected chi connectivity index (χ2v) is 7.36. The van der Waals surface area contributed by atoms with Gasteiger partial charge >= 0.3 is 5.97 Å². The van der Waals surface area contributed by atoms with Gasteiger partial charge in [0.05, 0.1) is 18.6 Å². The Balaban J connectivity index is 1.63. The molecule has 0 saturated heterocycles. The number of aliphatic carboxylic acids is 1. The molecule has 0 aliphatic rings. The van der Waals surface area contributed by atoms with Crippen LogP contribution < -0.4 is 14.8 Å². The van der Waals surface area contributed by atoms with E-state index in [0.717, 1.165) is 11.1 Å². The van der Waals surface area contributed by atoms with E-state index in [-0.39, 0.29) is 18.3 Å². The normalized spacial score (nSPS) is 11.5. The third kappa shape index (κ3) is 6.07. The summed E-state index contributed by atoms with van der Waals surface area (Å²) in [5.41, 5.74) is 1.95. The number of carbonyl (C=O) groups is 2. The van der Waals surface area contributed by atoms with Gasteiger partial charge in [0, 0.05) is 6.54 Å². The molecule has 0 aliphatic carbocycles. The summed E-state index contributed by atoms with van der Waals surface area (Å²) < 4.78 is 23.9. The lowest BCUT2D eigenvalue weighted by molar-refractivity contribution is -0.141. The lowest BCUT2D eigenvalue weighted by Gasteiger charge is -2.13. The monoisotopic (exact) mass is 437 g/mol. The Kier molecular flexibility index (Phi) is 7.44. The van der Waals surface area contributed by atoms with E-state index < -0.39 is 11.9 Å². The first-order valence-corrected chi connectivity index (χ1v) is 10.1. The quantitative estimate of drug-likeness (QED) is 0.501. The zero-order valence-electron chi connectivity index (χ0n) is 17.8. The molecule has 0 radical (unpaired) electrons. The number of amides is 1. The van der Waals surface area contributed by atoms with Crippen LogP contribution in [0.3, 0.4) is 0 Å². The maximum absolute atomic E-state index is 13.0. The lowest BCUT2D eigenvalue weighted by atomic mass is 9.99. The van der Waals surface area contributed by atoms with Crippen LogP contribution in [0.25, 0.3) is 0 Å². The van der Waals surface area contributed by atoms with Gasteiger partial charge < -0.3 is 19.9 Å². The first-order chi connectivity index (χ1) is 15.4. The largest absolute Gasteiger partial charge is 0.496 e. The van der Waals surface area contributed by atoms with Gasteiger partial charge in [-0.05, 0) is 66.1 Å². The predicted molar refractivity (Wildman–Crippen MR) is 118 cm³/mol. The number of halogens is 1. The maximum Gasteiger partial charge on any atom is 0.306 e. The number of hydrogen-bond acceptors (Lipinski definition) is 4. The minimum absolute atomic E-state index is 0.286. The van der Waals surface area contributed by atoms with Crippen LogP contribution in [-0.2, 0) is 17.8 Å². The first kappa shape index (κ1) is 22.8. The third-order valence-electron chi connectivity index (χ3n) is 4.90. The molecule has 0 aromatic heterocycles. The molecule has 6 nitrogen and oxygen atoms in total. The average Bonchev–Trinajstić information content (AvgIpc) is 2.79.